The van der Waals surface area contributed by atoms with E-state index in [0.29, 0.717) is 0 Å². The highest BCUT2D eigenvalue weighted by molar-refractivity contribution is 7.09. The van der Waals surface area contributed by atoms with Gasteiger partial charge in [0, 0.05) is 23.3 Å². The fourth-order valence-corrected chi connectivity index (χ4v) is 3.12. The first-order valence-corrected chi connectivity index (χ1v) is 8.09. The Kier molecular flexibility index (Phi) is 4.41. The first kappa shape index (κ1) is 14.0. The molecule has 0 aliphatic heterocycles. The van der Waals surface area contributed by atoms with Gasteiger partial charge in [-0.15, -0.1) is 11.3 Å². The number of hydrogen-bond acceptors (Lipinski definition) is 3. The zero-order valence-electron chi connectivity index (χ0n) is 12.1. The van der Waals surface area contributed by atoms with Gasteiger partial charge in [0.15, 0.2) is 0 Å². The van der Waals surface area contributed by atoms with E-state index in [1.165, 1.54) is 16.1 Å². The maximum Gasteiger partial charge on any atom is 0.0932 e. The smallest absolute Gasteiger partial charge is 0.0932 e. The predicted octanol–water partition coefficient (Wildman–Crippen LogP) is 4.69. The Bertz CT molecular complexity index is 687. The lowest BCUT2D eigenvalue weighted by molar-refractivity contribution is 0.815. The SMILES string of the molecule is Cc1ccc(CCCc2nc(-c3cccnc3)cs2)cc1. The Balaban J connectivity index is 1.57. The average molecular weight is 294 g/mol. The van der Waals surface area contributed by atoms with Crippen molar-refractivity contribution in [1.82, 2.24) is 9.97 Å². The van der Waals surface area contributed by atoms with Crippen LogP contribution in [0, 0.1) is 6.92 Å². The molecule has 2 nitrogen and oxygen atoms in total. The molecule has 0 unspecified atom stereocenters. The van der Waals surface area contributed by atoms with Crippen molar-refractivity contribution in [2.75, 3.05) is 0 Å². The van der Waals surface area contributed by atoms with Gasteiger partial charge in [-0.05, 0) is 43.9 Å². The minimum atomic E-state index is 1.04. The number of aryl methyl sites for hydroxylation is 3. The summed E-state index contributed by atoms with van der Waals surface area (Å²) in [7, 11) is 0. The molecule has 0 bridgehead atoms. The van der Waals surface area contributed by atoms with E-state index >= 15 is 0 Å². The third-order valence-electron chi connectivity index (χ3n) is 3.49. The van der Waals surface area contributed by atoms with Crippen LogP contribution in [0.25, 0.3) is 11.3 Å². The highest BCUT2D eigenvalue weighted by atomic mass is 32.1. The first-order valence-electron chi connectivity index (χ1n) is 7.21. The zero-order valence-corrected chi connectivity index (χ0v) is 12.9. The van der Waals surface area contributed by atoms with Crippen molar-refractivity contribution in [3.8, 4) is 11.3 Å². The lowest BCUT2D eigenvalue weighted by Gasteiger charge is -2.01. The summed E-state index contributed by atoms with van der Waals surface area (Å²) in [5.41, 5.74) is 4.86. The predicted molar refractivity (Wildman–Crippen MR) is 88.5 cm³/mol. The number of thiazole rings is 1. The van der Waals surface area contributed by atoms with Crippen molar-refractivity contribution in [1.29, 1.82) is 0 Å². The maximum atomic E-state index is 4.70. The van der Waals surface area contributed by atoms with Gasteiger partial charge >= 0.3 is 0 Å². The van der Waals surface area contributed by atoms with E-state index in [1.54, 1.807) is 17.5 Å². The van der Waals surface area contributed by atoms with Gasteiger partial charge < -0.3 is 0 Å². The second-order valence-corrected chi connectivity index (χ2v) is 6.15. The number of hydrogen-bond donors (Lipinski definition) is 0. The molecule has 0 atom stereocenters. The van der Waals surface area contributed by atoms with Crippen molar-refractivity contribution in [3.05, 3.63) is 70.3 Å². The molecule has 3 rings (SSSR count). The standard InChI is InChI=1S/C18H18N2S/c1-14-7-9-15(10-8-14)4-2-6-18-20-17(13-21-18)16-5-3-11-19-12-16/h3,5,7-13H,2,4,6H2,1H3. The molecule has 0 radical (unpaired) electrons. The van der Waals surface area contributed by atoms with E-state index in [9.17, 15) is 0 Å². The summed E-state index contributed by atoms with van der Waals surface area (Å²) in [6.07, 6.45) is 6.95. The Morgan fingerprint density at radius 1 is 1.05 bits per heavy atom. The van der Waals surface area contributed by atoms with Crippen LogP contribution in [0.5, 0.6) is 0 Å². The minimum Gasteiger partial charge on any atom is -0.264 e. The molecular weight excluding hydrogens is 276 g/mol. The second-order valence-electron chi connectivity index (χ2n) is 5.21. The average Bonchev–Trinajstić information content (AvgIpc) is 2.99. The van der Waals surface area contributed by atoms with Crippen molar-refractivity contribution < 1.29 is 0 Å². The Labute approximate surface area is 129 Å². The van der Waals surface area contributed by atoms with Gasteiger partial charge in [-0.1, -0.05) is 29.8 Å². The molecule has 3 heteroatoms. The third kappa shape index (κ3) is 3.76. The molecule has 0 saturated heterocycles. The van der Waals surface area contributed by atoms with Crippen LogP contribution in [0.2, 0.25) is 0 Å². The van der Waals surface area contributed by atoms with E-state index in [-0.39, 0.29) is 0 Å². The third-order valence-corrected chi connectivity index (χ3v) is 4.39. The summed E-state index contributed by atoms with van der Waals surface area (Å²) in [6, 6.07) is 12.8. The number of benzene rings is 1. The van der Waals surface area contributed by atoms with Crippen LogP contribution in [0.3, 0.4) is 0 Å². The fourth-order valence-electron chi connectivity index (χ4n) is 2.27. The summed E-state index contributed by atoms with van der Waals surface area (Å²) in [5, 5.41) is 3.33. The highest BCUT2D eigenvalue weighted by Crippen LogP contribution is 2.22. The van der Waals surface area contributed by atoms with E-state index in [0.717, 1.165) is 30.5 Å². The molecular formula is C18H18N2S. The zero-order chi connectivity index (χ0) is 14.5. The maximum absolute atomic E-state index is 4.70. The van der Waals surface area contributed by atoms with E-state index in [4.69, 9.17) is 4.98 Å². The van der Waals surface area contributed by atoms with Crippen LogP contribution in [-0.4, -0.2) is 9.97 Å². The second kappa shape index (κ2) is 6.64. The largest absolute Gasteiger partial charge is 0.264 e. The molecule has 2 heterocycles. The molecule has 0 N–H and O–H groups in total. The molecule has 0 fully saturated rings. The highest BCUT2D eigenvalue weighted by Gasteiger charge is 2.04. The van der Waals surface area contributed by atoms with Gasteiger partial charge in [-0.25, -0.2) is 4.98 Å². The van der Waals surface area contributed by atoms with Crippen molar-refractivity contribution in [3.63, 3.8) is 0 Å². The van der Waals surface area contributed by atoms with Gasteiger partial charge in [0.05, 0.1) is 10.7 Å². The van der Waals surface area contributed by atoms with Crippen LogP contribution < -0.4 is 0 Å². The fraction of sp³-hybridized carbons (Fsp3) is 0.222. The summed E-state index contributed by atoms with van der Waals surface area (Å²) >= 11 is 1.74. The molecule has 0 amide bonds. The summed E-state index contributed by atoms with van der Waals surface area (Å²) < 4.78 is 0. The van der Waals surface area contributed by atoms with Gasteiger partial charge in [0.25, 0.3) is 0 Å². The number of pyridine rings is 1. The van der Waals surface area contributed by atoms with E-state index in [2.05, 4.69) is 47.6 Å². The Morgan fingerprint density at radius 3 is 2.67 bits per heavy atom. The Hall–Kier alpha value is -2.00. The topological polar surface area (TPSA) is 25.8 Å². The molecule has 3 aromatic rings. The van der Waals surface area contributed by atoms with Crippen LogP contribution >= 0.6 is 11.3 Å². The Morgan fingerprint density at radius 2 is 1.90 bits per heavy atom. The van der Waals surface area contributed by atoms with Crippen LogP contribution in [-0.2, 0) is 12.8 Å². The van der Waals surface area contributed by atoms with E-state index < -0.39 is 0 Å². The first-order chi connectivity index (χ1) is 10.3. The van der Waals surface area contributed by atoms with Crippen LogP contribution in [0.1, 0.15) is 22.6 Å². The number of aromatic nitrogens is 2. The van der Waals surface area contributed by atoms with E-state index in [1.807, 2.05) is 12.3 Å². The lowest BCUT2D eigenvalue weighted by atomic mass is 10.1. The number of nitrogens with zero attached hydrogens (tertiary/aromatic N) is 2. The molecule has 0 saturated carbocycles. The molecule has 0 aliphatic rings. The molecule has 2 aromatic heterocycles. The van der Waals surface area contributed by atoms with Crippen LogP contribution in [0.15, 0.2) is 54.2 Å². The van der Waals surface area contributed by atoms with Crippen LogP contribution in [0.4, 0.5) is 0 Å². The quantitative estimate of drug-likeness (QED) is 0.682. The summed E-state index contributed by atoms with van der Waals surface area (Å²) in [6.45, 7) is 2.12. The molecule has 21 heavy (non-hydrogen) atoms. The molecule has 0 aliphatic carbocycles. The van der Waals surface area contributed by atoms with Crippen molar-refractivity contribution in [2.45, 2.75) is 26.2 Å². The minimum absolute atomic E-state index is 1.04. The van der Waals surface area contributed by atoms with Gasteiger partial charge in [-0.3, -0.25) is 4.98 Å². The van der Waals surface area contributed by atoms with Crippen molar-refractivity contribution in [2.24, 2.45) is 0 Å². The summed E-state index contributed by atoms with van der Waals surface area (Å²) in [4.78, 5) is 8.85. The van der Waals surface area contributed by atoms with Gasteiger partial charge in [0.2, 0.25) is 0 Å². The molecule has 0 spiro atoms. The van der Waals surface area contributed by atoms with Gasteiger partial charge in [0.1, 0.15) is 0 Å². The number of rotatable bonds is 5. The lowest BCUT2D eigenvalue weighted by Crippen LogP contribution is -1.90. The summed E-state index contributed by atoms with van der Waals surface area (Å²) in [5.74, 6) is 0. The monoisotopic (exact) mass is 294 g/mol. The van der Waals surface area contributed by atoms with Gasteiger partial charge in [-0.2, -0.15) is 0 Å². The molecule has 1 aromatic carbocycles. The van der Waals surface area contributed by atoms with Crippen molar-refractivity contribution >= 4 is 11.3 Å². The normalized spacial score (nSPS) is 10.7. The molecule has 106 valence electrons.